The van der Waals surface area contributed by atoms with Crippen molar-refractivity contribution < 1.29 is 8.91 Å². The zero-order valence-corrected chi connectivity index (χ0v) is 17.7. The van der Waals surface area contributed by atoms with Crippen molar-refractivity contribution >= 4 is 37.5 Å². The van der Waals surface area contributed by atoms with Gasteiger partial charge in [0.15, 0.2) is 0 Å². The summed E-state index contributed by atoms with van der Waals surface area (Å²) < 4.78 is 20.9. The third kappa shape index (κ3) is 3.46. The molecule has 30 heavy (non-hydrogen) atoms. The predicted molar refractivity (Wildman–Crippen MR) is 116 cm³/mol. The molecule has 0 aliphatic carbocycles. The Kier molecular flexibility index (Phi) is 4.76. The van der Waals surface area contributed by atoms with Crippen molar-refractivity contribution in [2.45, 2.75) is 6.54 Å². The van der Waals surface area contributed by atoms with Gasteiger partial charge in [0.1, 0.15) is 17.2 Å². The van der Waals surface area contributed by atoms with Crippen molar-refractivity contribution in [3.05, 3.63) is 86.8 Å². The molecule has 0 aliphatic heterocycles. The summed E-state index contributed by atoms with van der Waals surface area (Å²) in [5.41, 5.74) is 2.07. The summed E-state index contributed by atoms with van der Waals surface area (Å²) >= 11 is 4.79. The van der Waals surface area contributed by atoms with Crippen molar-refractivity contribution in [3.63, 3.8) is 0 Å². The lowest BCUT2D eigenvalue weighted by Gasteiger charge is -2.03. The van der Waals surface area contributed by atoms with Crippen LogP contribution in [-0.4, -0.2) is 19.7 Å². The van der Waals surface area contributed by atoms with Gasteiger partial charge in [0, 0.05) is 21.0 Å². The fourth-order valence-corrected chi connectivity index (χ4v) is 4.44. The topological polar surface area (TPSA) is 73.8 Å². The third-order valence-corrected chi connectivity index (χ3v) is 5.95. The summed E-state index contributed by atoms with van der Waals surface area (Å²) in [6, 6.07) is 13.6. The fraction of sp³-hybridized carbons (Fsp3) is 0.0476. The third-order valence-electron chi connectivity index (χ3n) is 4.57. The van der Waals surface area contributed by atoms with Crippen molar-refractivity contribution in [1.82, 2.24) is 19.7 Å². The molecule has 2 aromatic carbocycles. The number of rotatable bonds is 4. The number of fused-ring (bicyclic) bond motifs is 1. The molecule has 3 heterocycles. The molecule has 0 saturated carbocycles. The van der Waals surface area contributed by atoms with Gasteiger partial charge in [-0.05, 0) is 29.8 Å². The van der Waals surface area contributed by atoms with Gasteiger partial charge in [0.2, 0.25) is 11.7 Å². The van der Waals surface area contributed by atoms with Gasteiger partial charge in [-0.2, -0.15) is 4.98 Å². The average molecular weight is 483 g/mol. The first-order valence-corrected chi connectivity index (χ1v) is 10.6. The van der Waals surface area contributed by atoms with E-state index in [4.69, 9.17) is 4.52 Å². The van der Waals surface area contributed by atoms with Crippen LogP contribution in [0.2, 0.25) is 0 Å². The van der Waals surface area contributed by atoms with E-state index in [0.29, 0.717) is 21.9 Å². The highest BCUT2D eigenvalue weighted by Gasteiger charge is 2.16. The molecular formula is C21H12BrFN4O2S. The molecule has 3 aromatic heterocycles. The number of thiophene rings is 1. The van der Waals surface area contributed by atoms with Crippen LogP contribution in [0.1, 0.15) is 5.89 Å². The smallest absolute Gasteiger partial charge is 0.263 e. The standard InChI is InChI=1S/C21H12BrFN4O2S/c22-14-3-1-2-13(8-14)19-25-17(29-26-19)9-27-11-24-20-18(21(27)28)16(10-30-20)12-4-6-15(23)7-5-12/h1-8,10-11H,9H2. The van der Waals surface area contributed by atoms with Gasteiger partial charge in [-0.1, -0.05) is 45.4 Å². The molecule has 5 rings (SSSR count). The summed E-state index contributed by atoms with van der Waals surface area (Å²) in [4.78, 5) is 22.5. The minimum Gasteiger partial charge on any atom is -0.337 e. The summed E-state index contributed by atoms with van der Waals surface area (Å²) in [5, 5.41) is 6.35. The summed E-state index contributed by atoms with van der Waals surface area (Å²) in [6.45, 7) is 0.0987. The summed E-state index contributed by atoms with van der Waals surface area (Å²) in [7, 11) is 0. The predicted octanol–water partition coefficient (Wildman–Crippen LogP) is 5.12. The molecule has 0 saturated heterocycles. The quantitative estimate of drug-likeness (QED) is 0.355. The molecule has 0 bridgehead atoms. The molecule has 9 heteroatoms. The second kappa shape index (κ2) is 7.58. The van der Waals surface area contributed by atoms with E-state index in [1.807, 2.05) is 29.6 Å². The van der Waals surface area contributed by atoms with Crippen LogP contribution in [0.3, 0.4) is 0 Å². The maximum Gasteiger partial charge on any atom is 0.263 e. The number of aromatic nitrogens is 4. The first-order chi connectivity index (χ1) is 14.6. The Hall–Kier alpha value is -3.17. The van der Waals surface area contributed by atoms with E-state index in [1.54, 1.807) is 12.1 Å². The normalized spacial score (nSPS) is 11.3. The maximum atomic E-state index is 13.3. The Labute approximate surface area is 181 Å². The minimum atomic E-state index is -0.327. The van der Waals surface area contributed by atoms with Crippen LogP contribution < -0.4 is 5.56 Å². The lowest BCUT2D eigenvalue weighted by atomic mass is 10.1. The first-order valence-electron chi connectivity index (χ1n) is 8.89. The second-order valence-corrected chi connectivity index (χ2v) is 8.31. The molecule has 0 spiro atoms. The Morgan fingerprint density at radius 1 is 1.13 bits per heavy atom. The monoisotopic (exact) mass is 482 g/mol. The van der Waals surface area contributed by atoms with Crippen LogP contribution in [-0.2, 0) is 6.54 Å². The van der Waals surface area contributed by atoms with Crippen molar-refractivity contribution in [2.75, 3.05) is 0 Å². The first kappa shape index (κ1) is 18.8. The summed E-state index contributed by atoms with van der Waals surface area (Å²) in [6.07, 6.45) is 1.47. The zero-order chi connectivity index (χ0) is 20.7. The summed E-state index contributed by atoms with van der Waals surface area (Å²) in [5.74, 6) is 0.411. The van der Waals surface area contributed by atoms with Crippen molar-refractivity contribution in [1.29, 1.82) is 0 Å². The molecular weight excluding hydrogens is 471 g/mol. The van der Waals surface area contributed by atoms with E-state index in [2.05, 4.69) is 31.1 Å². The Balaban J connectivity index is 1.51. The lowest BCUT2D eigenvalue weighted by Crippen LogP contribution is -2.21. The fourth-order valence-electron chi connectivity index (χ4n) is 3.13. The molecule has 0 amide bonds. The SMILES string of the molecule is O=c1c2c(-c3ccc(F)cc3)csc2ncn1Cc1nc(-c2cccc(Br)c2)no1. The molecule has 5 aromatic rings. The van der Waals surface area contributed by atoms with E-state index in [0.717, 1.165) is 21.2 Å². The highest BCUT2D eigenvalue weighted by atomic mass is 79.9. The molecule has 6 nitrogen and oxygen atoms in total. The van der Waals surface area contributed by atoms with Crippen molar-refractivity contribution in [3.8, 4) is 22.5 Å². The van der Waals surface area contributed by atoms with Crippen LogP contribution in [0.4, 0.5) is 4.39 Å². The molecule has 0 N–H and O–H groups in total. The van der Waals surface area contributed by atoms with Crippen LogP contribution in [0, 0.1) is 5.82 Å². The molecule has 0 aliphatic rings. The zero-order valence-electron chi connectivity index (χ0n) is 15.3. The Morgan fingerprint density at radius 2 is 1.97 bits per heavy atom. The maximum absolute atomic E-state index is 13.3. The van der Waals surface area contributed by atoms with Crippen LogP contribution in [0.5, 0.6) is 0 Å². The highest BCUT2D eigenvalue weighted by molar-refractivity contribution is 9.10. The van der Waals surface area contributed by atoms with Gasteiger partial charge in [-0.15, -0.1) is 11.3 Å². The Morgan fingerprint density at radius 3 is 2.77 bits per heavy atom. The molecule has 0 unspecified atom stereocenters. The molecule has 148 valence electrons. The Bertz CT molecular complexity index is 1430. The van der Waals surface area contributed by atoms with Gasteiger partial charge >= 0.3 is 0 Å². The van der Waals surface area contributed by atoms with Crippen LogP contribution in [0.15, 0.2) is 74.0 Å². The van der Waals surface area contributed by atoms with E-state index < -0.39 is 0 Å². The van der Waals surface area contributed by atoms with Gasteiger partial charge in [0.25, 0.3) is 5.56 Å². The van der Waals surface area contributed by atoms with Crippen molar-refractivity contribution in [2.24, 2.45) is 0 Å². The molecule has 0 fully saturated rings. The van der Waals surface area contributed by atoms with E-state index in [1.165, 1.54) is 34.4 Å². The second-order valence-electron chi connectivity index (χ2n) is 6.54. The average Bonchev–Trinajstić information content (AvgIpc) is 3.38. The van der Waals surface area contributed by atoms with E-state index >= 15 is 0 Å². The van der Waals surface area contributed by atoms with E-state index in [-0.39, 0.29) is 17.9 Å². The number of nitrogens with zero attached hydrogens (tertiary/aromatic N) is 4. The van der Waals surface area contributed by atoms with Gasteiger partial charge in [0.05, 0.1) is 11.7 Å². The van der Waals surface area contributed by atoms with Gasteiger partial charge in [-0.3, -0.25) is 9.36 Å². The number of hydrogen-bond donors (Lipinski definition) is 0. The number of halogens is 2. The highest BCUT2D eigenvalue weighted by Crippen LogP contribution is 2.30. The van der Waals surface area contributed by atoms with Crippen LogP contribution >= 0.6 is 27.3 Å². The van der Waals surface area contributed by atoms with E-state index in [9.17, 15) is 9.18 Å². The molecule has 0 radical (unpaired) electrons. The van der Waals surface area contributed by atoms with Gasteiger partial charge in [-0.25, -0.2) is 9.37 Å². The van der Waals surface area contributed by atoms with Gasteiger partial charge < -0.3 is 4.52 Å². The minimum absolute atomic E-state index is 0.0987. The largest absolute Gasteiger partial charge is 0.337 e. The van der Waals surface area contributed by atoms with Crippen LogP contribution in [0.25, 0.3) is 32.7 Å². The lowest BCUT2D eigenvalue weighted by molar-refractivity contribution is 0.369. The number of hydrogen-bond acceptors (Lipinski definition) is 6. The molecule has 0 atom stereocenters. The number of benzene rings is 2.